The summed E-state index contributed by atoms with van der Waals surface area (Å²) in [7, 11) is 0. The number of aryl methyl sites for hydroxylation is 1. The first-order valence-electron chi connectivity index (χ1n) is 10.6. The molecule has 0 atom stereocenters. The van der Waals surface area contributed by atoms with E-state index in [0.29, 0.717) is 34.6 Å². The Morgan fingerprint density at radius 3 is 2.50 bits per heavy atom. The predicted molar refractivity (Wildman–Crippen MR) is 132 cm³/mol. The zero-order chi connectivity index (χ0) is 24.1. The number of rotatable bonds is 8. The van der Waals surface area contributed by atoms with Gasteiger partial charge in [0.15, 0.2) is 18.1 Å². The molecule has 2 aromatic heterocycles. The van der Waals surface area contributed by atoms with Crippen molar-refractivity contribution in [3.8, 4) is 11.5 Å². The first kappa shape index (κ1) is 23.6. The summed E-state index contributed by atoms with van der Waals surface area (Å²) >= 11 is 7.58. The van der Waals surface area contributed by atoms with Crippen LogP contribution in [0.5, 0.6) is 11.5 Å². The van der Waals surface area contributed by atoms with E-state index in [-0.39, 0.29) is 6.61 Å². The molecule has 0 fully saturated rings. The Bertz CT molecular complexity index is 1330. The van der Waals surface area contributed by atoms with Gasteiger partial charge in [0.1, 0.15) is 4.83 Å². The van der Waals surface area contributed by atoms with Gasteiger partial charge in [-0.2, -0.15) is 5.10 Å². The summed E-state index contributed by atoms with van der Waals surface area (Å²) in [5, 5.41) is 6.11. The third kappa shape index (κ3) is 5.32. The van der Waals surface area contributed by atoms with E-state index in [1.807, 2.05) is 48.9 Å². The highest BCUT2D eigenvalue weighted by molar-refractivity contribution is 7.20. The molecule has 0 unspecified atom stereocenters. The molecule has 2 heterocycles. The molecule has 0 saturated heterocycles. The number of carbonyl (C=O) groups is 2. The zero-order valence-electron chi connectivity index (χ0n) is 18.6. The van der Waals surface area contributed by atoms with Crippen molar-refractivity contribution in [3.05, 3.63) is 75.8 Å². The van der Waals surface area contributed by atoms with Crippen LogP contribution in [-0.4, -0.2) is 34.8 Å². The Morgan fingerprint density at radius 1 is 1.06 bits per heavy atom. The highest BCUT2D eigenvalue weighted by Gasteiger charge is 2.18. The van der Waals surface area contributed by atoms with Crippen molar-refractivity contribution in [2.45, 2.75) is 20.4 Å². The molecule has 0 aliphatic rings. The summed E-state index contributed by atoms with van der Waals surface area (Å²) < 4.78 is 12.8. The predicted octanol–water partition coefficient (Wildman–Crippen LogP) is 4.35. The van der Waals surface area contributed by atoms with Crippen LogP contribution in [0.15, 0.2) is 54.6 Å². The fourth-order valence-electron chi connectivity index (χ4n) is 3.33. The third-order valence-corrected chi connectivity index (χ3v) is 6.45. The molecule has 34 heavy (non-hydrogen) atoms. The Morgan fingerprint density at radius 2 is 1.76 bits per heavy atom. The average molecular weight is 499 g/mol. The van der Waals surface area contributed by atoms with E-state index in [9.17, 15) is 9.59 Å². The van der Waals surface area contributed by atoms with Crippen molar-refractivity contribution in [2.75, 3.05) is 13.2 Å². The van der Waals surface area contributed by atoms with E-state index in [2.05, 4.69) is 16.0 Å². The van der Waals surface area contributed by atoms with Gasteiger partial charge in [0.2, 0.25) is 0 Å². The maximum Gasteiger partial charge on any atom is 0.279 e. The number of hydrogen-bond acceptors (Lipinski definition) is 6. The summed E-state index contributed by atoms with van der Waals surface area (Å²) in [6.45, 7) is 4.45. The molecule has 4 rings (SSSR count). The summed E-state index contributed by atoms with van der Waals surface area (Å²) in [6, 6.07) is 16.4. The first-order chi connectivity index (χ1) is 16.5. The number of halogens is 1. The minimum atomic E-state index is -0.498. The minimum Gasteiger partial charge on any atom is -0.490 e. The van der Waals surface area contributed by atoms with Gasteiger partial charge >= 0.3 is 0 Å². The van der Waals surface area contributed by atoms with E-state index in [0.717, 1.165) is 21.5 Å². The van der Waals surface area contributed by atoms with Crippen LogP contribution in [0.4, 0.5) is 0 Å². The quantitative estimate of drug-likeness (QED) is 0.352. The van der Waals surface area contributed by atoms with Crippen molar-refractivity contribution >= 4 is 45.0 Å². The standard InChI is InChI=1S/C24H23ClN4O4S/c1-3-32-19-10-6-7-11-20(19)33-14-22(30)26-27-23(31)21-12-17-15(2)28-29(24(17)34-21)13-16-8-4-5-9-18(16)25/h4-12H,3,13-14H2,1-2H3,(H,26,30)(H,27,31). The van der Waals surface area contributed by atoms with E-state index >= 15 is 0 Å². The summed E-state index contributed by atoms with van der Waals surface area (Å²) in [5.41, 5.74) is 6.56. The van der Waals surface area contributed by atoms with Crippen LogP contribution in [0.1, 0.15) is 27.9 Å². The van der Waals surface area contributed by atoms with Crippen molar-refractivity contribution in [1.82, 2.24) is 20.6 Å². The van der Waals surface area contributed by atoms with Gasteiger partial charge in [0.05, 0.1) is 23.7 Å². The van der Waals surface area contributed by atoms with E-state index in [1.165, 1.54) is 11.3 Å². The second-order valence-electron chi connectivity index (χ2n) is 7.33. The van der Waals surface area contributed by atoms with Crippen LogP contribution in [0, 0.1) is 6.92 Å². The van der Waals surface area contributed by atoms with Crippen molar-refractivity contribution in [2.24, 2.45) is 0 Å². The molecule has 176 valence electrons. The van der Waals surface area contributed by atoms with Gasteiger partial charge in [0, 0.05) is 10.4 Å². The van der Waals surface area contributed by atoms with Gasteiger partial charge < -0.3 is 9.47 Å². The second kappa shape index (κ2) is 10.6. The fraction of sp³-hybridized carbons (Fsp3) is 0.208. The van der Waals surface area contributed by atoms with Crippen LogP contribution in [0.25, 0.3) is 10.2 Å². The van der Waals surface area contributed by atoms with Gasteiger partial charge in [0.25, 0.3) is 11.8 Å². The fourth-order valence-corrected chi connectivity index (χ4v) is 4.58. The SMILES string of the molecule is CCOc1ccccc1OCC(=O)NNC(=O)c1cc2c(C)nn(Cc3ccccc3Cl)c2s1. The number of para-hydroxylation sites is 2. The van der Waals surface area contributed by atoms with Crippen LogP contribution < -0.4 is 20.3 Å². The maximum atomic E-state index is 12.6. The molecule has 10 heteroatoms. The molecule has 4 aromatic rings. The molecule has 0 bridgehead atoms. The first-order valence-corrected chi connectivity index (χ1v) is 11.8. The van der Waals surface area contributed by atoms with Crippen LogP contribution in [0.2, 0.25) is 5.02 Å². The van der Waals surface area contributed by atoms with Gasteiger partial charge in [-0.3, -0.25) is 25.1 Å². The van der Waals surface area contributed by atoms with Crippen LogP contribution in [-0.2, 0) is 11.3 Å². The normalized spacial score (nSPS) is 10.8. The lowest BCUT2D eigenvalue weighted by Crippen LogP contribution is -2.43. The van der Waals surface area contributed by atoms with E-state index < -0.39 is 11.8 Å². The number of thiophene rings is 1. The molecule has 2 aromatic carbocycles. The van der Waals surface area contributed by atoms with Gasteiger partial charge in [-0.05, 0) is 43.7 Å². The number of nitrogens with one attached hydrogen (secondary N) is 2. The van der Waals surface area contributed by atoms with E-state index in [1.54, 1.807) is 24.3 Å². The van der Waals surface area contributed by atoms with Crippen LogP contribution in [0.3, 0.4) is 0 Å². The molecule has 2 amide bonds. The molecular weight excluding hydrogens is 476 g/mol. The highest BCUT2D eigenvalue weighted by atomic mass is 35.5. The lowest BCUT2D eigenvalue weighted by atomic mass is 10.2. The smallest absolute Gasteiger partial charge is 0.279 e. The molecule has 0 radical (unpaired) electrons. The molecule has 8 nitrogen and oxygen atoms in total. The molecule has 0 aliphatic heterocycles. The molecule has 0 saturated carbocycles. The van der Waals surface area contributed by atoms with Gasteiger partial charge in [-0.25, -0.2) is 0 Å². The number of aromatic nitrogens is 2. The number of benzene rings is 2. The van der Waals surface area contributed by atoms with Gasteiger partial charge in [-0.15, -0.1) is 11.3 Å². The lowest BCUT2D eigenvalue weighted by Gasteiger charge is -2.11. The highest BCUT2D eigenvalue weighted by Crippen LogP contribution is 2.30. The number of nitrogens with zero attached hydrogens (tertiary/aromatic N) is 2. The van der Waals surface area contributed by atoms with Crippen molar-refractivity contribution in [3.63, 3.8) is 0 Å². The van der Waals surface area contributed by atoms with Crippen molar-refractivity contribution < 1.29 is 19.1 Å². The number of fused-ring (bicyclic) bond motifs is 1. The number of hydrazine groups is 1. The summed E-state index contributed by atoms with van der Waals surface area (Å²) in [5.74, 6) is 0.0806. The number of carbonyl (C=O) groups excluding carboxylic acids is 2. The van der Waals surface area contributed by atoms with E-state index in [4.69, 9.17) is 21.1 Å². The Labute approximate surface area is 205 Å². The number of hydrogen-bond donors (Lipinski definition) is 2. The third-order valence-electron chi connectivity index (χ3n) is 4.93. The minimum absolute atomic E-state index is 0.275. The van der Waals surface area contributed by atoms with Crippen LogP contribution >= 0.6 is 22.9 Å². The summed E-state index contributed by atoms with van der Waals surface area (Å²) in [6.07, 6.45) is 0. The largest absolute Gasteiger partial charge is 0.490 e. The average Bonchev–Trinajstić information content (AvgIpc) is 3.40. The van der Waals surface area contributed by atoms with Crippen molar-refractivity contribution in [1.29, 1.82) is 0 Å². The summed E-state index contributed by atoms with van der Waals surface area (Å²) in [4.78, 5) is 26.1. The molecule has 0 spiro atoms. The molecular formula is C24H23ClN4O4S. The maximum absolute atomic E-state index is 12.6. The lowest BCUT2D eigenvalue weighted by molar-refractivity contribution is -0.123. The topological polar surface area (TPSA) is 94.5 Å². The monoisotopic (exact) mass is 498 g/mol. The molecule has 2 N–H and O–H groups in total. The number of ether oxygens (including phenoxy) is 2. The Balaban J connectivity index is 1.38. The zero-order valence-corrected chi connectivity index (χ0v) is 20.2. The van der Waals surface area contributed by atoms with Gasteiger partial charge in [-0.1, -0.05) is 41.9 Å². The number of amides is 2. The Kier molecular flexibility index (Phi) is 7.34. The Hall–Kier alpha value is -3.56. The second-order valence-corrected chi connectivity index (χ2v) is 8.77. The molecule has 0 aliphatic carbocycles.